The third kappa shape index (κ3) is 6.23. The van der Waals surface area contributed by atoms with Crippen LogP contribution in [0.5, 0.6) is 0 Å². The predicted molar refractivity (Wildman–Crippen MR) is 135 cm³/mol. The van der Waals surface area contributed by atoms with Gasteiger partial charge in [0.2, 0.25) is 10.0 Å². The lowest BCUT2D eigenvalue weighted by Crippen LogP contribution is -2.38. The van der Waals surface area contributed by atoms with Gasteiger partial charge in [-0.05, 0) is 49.2 Å². The summed E-state index contributed by atoms with van der Waals surface area (Å²) in [6, 6.07) is 8.54. The number of esters is 1. The molecule has 0 unspecified atom stereocenters. The highest BCUT2D eigenvalue weighted by Crippen LogP contribution is 2.29. The maximum atomic E-state index is 14.0. The lowest BCUT2D eigenvalue weighted by molar-refractivity contribution is -0.119. The number of piperidine rings is 1. The Kier molecular flexibility index (Phi) is 8.60. The van der Waals surface area contributed by atoms with Crippen molar-refractivity contribution in [2.45, 2.75) is 24.2 Å². The number of carbonyl (C=O) groups excluding carboxylic acids is 2. The van der Waals surface area contributed by atoms with Gasteiger partial charge < -0.3 is 19.7 Å². The van der Waals surface area contributed by atoms with Crippen molar-refractivity contribution in [1.82, 2.24) is 4.31 Å². The molecule has 9 nitrogen and oxygen atoms in total. The molecule has 12 heteroatoms. The average molecular weight is 584 g/mol. The molecule has 0 radical (unpaired) electrons. The number of benzene rings is 2. The normalized spacial score (nSPS) is 17.0. The Morgan fingerprint density at radius 3 is 2.44 bits per heavy atom. The second-order valence-corrected chi connectivity index (χ2v) is 11.3. The zero-order chi connectivity index (χ0) is 25.7. The second-order valence-electron chi connectivity index (χ2n) is 8.49. The number of ether oxygens (including phenoxy) is 2. The van der Waals surface area contributed by atoms with Gasteiger partial charge in [0.05, 0.1) is 35.0 Å². The van der Waals surface area contributed by atoms with Crippen molar-refractivity contribution in [2.75, 3.05) is 56.2 Å². The summed E-state index contributed by atoms with van der Waals surface area (Å²) < 4.78 is 53.0. The number of nitrogens with one attached hydrogen (secondary N) is 1. The lowest BCUT2D eigenvalue weighted by atomic mass is 10.1. The summed E-state index contributed by atoms with van der Waals surface area (Å²) in [7, 11) is -3.79. The summed E-state index contributed by atoms with van der Waals surface area (Å²) in [4.78, 5) is 27.3. The van der Waals surface area contributed by atoms with Crippen molar-refractivity contribution in [3.63, 3.8) is 0 Å². The van der Waals surface area contributed by atoms with Gasteiger partial charge in [0.1, 0.15) is 5.82 Å². The minimum atomic E-state index is -3.79. The van der Waals surface area contributed by atoms with Crippen LogP contribution in [0.25, 0.3) is 0 Å². The number of hydrogen-bond donors (Lipinski definition) is 1. The molecule has 0 saturated carbocycles. The fourth-order valence-corrected chi connectivity index (χ4v) is 6.04. The van der Waals surface area contributed by atoms with E-state index in [1.54, 1.807) is 12.1 Å². The number of halogens is 2. The van der Waals surface area contributed by atoms with E-state index in [0.29, 0.717) is 49.6 Å². The zero-order valence-corrected chi connectivity index (χ0v) is 21.9. The quantitative estimate of drug-likeness (QED) is 0.498. The molecule has 2 fully saturated rings. The second kappa shape index (κ2) is 11.7. The van der Waals surface area contributed by atoms with Crippen molar-refractivity contribution >= 4 is 49.2 Å². The Morgan fingerprint density at radius 1 is 1.03 bits per heavy atom. The van der Waals surface area contributed by atoms with E-state index in [1.165, 1.54) is 28.6 Å². The Hall–Kier alpha value is -2.54. The molecule has 4 rings (SSSR count). The van der Waals surface area contributed by atoms with Crippen molar-refractivity contribution < 1.29 is 31.9 Å². The van der Waals surface area contributed by atoms with Crippen molar-refractivity contribution in [3.8, 4) is 0 Å². The van der Waals surface area contributed by atoms with E-state index in [0.717, 1.165) is 19.3 Å². The van der Waals surface area contributed by atoms with E-state index in [4.69, 9.17) is 9.47 Å². The number of sulfonamides is 1. The third-order valence-corrected chi connectivity index (χ3v) is 8.42. The van der Waals surface area contributed by atoms with E-state index >= 15 is 0 Å². The molecule has 0 aliphatic carbocycles. The first-order chi connectivity index (χ1) is 17.3. The van der Waals surface area contributed by atoms with Crippen molar-refractivity contribution in [3.05, 3.63) is 52.3 Å². The molecule has 0 bridgehead atoms. The van der Waals surface area contributed by atoms with Crippen molar-refractivity contribution in [2.24, 2.45) is 0 Å². The summed E-state index contributed by atoms with van der Waals surface area (Å²) in [5, 5.41) is 2.36. The van der Waals surface area contributed by atoms with Gasteiger partial charge in [0, 0.05) is 30.7 Å². The summed E-state index contributed by atoms with van der Waals surface area (Å²) in [6.45, 7) is 2.15. The van der Waals surface area contributed by atoms with Gasteiger partial charge in [-0.25, -0.2) is 17.6 Å². The highest BCUT2D eigenvalue weighted by atomic mass is 79.9. The molecular weight excluding hydrogens is 557 g/mol. The largest absolute Gasteiger partial charge is 0.452 e. The maximum Gasteiger partial charge on any atom is 0.340 e. The summed E-state index contributed by atoms with van der Waals surface area (Å²) in [6.07, 6.45) is 2.55. The maximum absolute atomic E-state index is 14.0. The van der Waals surface area contributed by atoms with Crippen LogP contribution < -0.4 is 10.2 Å². The molecule has 194 valence electrons. The molecule has 2 heterocycles. The number of rotatable bonds is 7. The predicted octanol–water partition coefficient (Wildman–Crippen LogP) is 3.39. The summed E-state index contributed by atoms with van der Waals surface area (Å²) in [5.74, 6) is -2.22. The van der Waals surface area contributed by atoms with Gasteiger partial charge in [-0.1, -0.05) is 22.4 Å². The Morgan fingerprint density at radius 2 is 1.75 bits per heavy atom. The van der Waals surface area contributed by atoms with Gasteiger partial charge in [-0.2, -0.15) is 4.31 Å². The van der Waals surface area contributed by atoms with Gasteiger partial charge in [0.15, 0.2) is 6.61 Å². The molecule has 1 amide bonds. The van der Waals surface area contributed by atoms with E-state index in [-0.39, 0.29) is 16.1 Å². The van der Waals surface area contributed by atoms with E-state index in [9.17, 15) is 22.4 Å². The first-order valence-electron chi connectivity index (χ1n) is 11.6. The van der Waals surface area contributed by atoms with Crippen LogP contribution in [0.2, 0.25) is 0 Å². The summed E-state index contributed by atoms with van der Waals surface area (Å²) >= 11 is 3.14. The average Bonchev–Trinajstić information content (AvgIpc) is 2.89. The van der Waals surface area contributed by atoms with Crippen molar-refractivity contribution in [1.29, 1.82) is 0 Å². The molecule has 1 N–H and O–H groups in total. The number of nitrogens with zero attached hydrogens (tertiary/aromatic N) is 2. The number of carbonyl (C=O) groups is 2. The fraction of sp³-hybridized carbons (Fsp3) is 0.417. The minimum Gasteiger partial charge on any atom is -0.452 e. The molecule has 2 aliphatic rings. The van der Waals surface area contributed by atoms with Gasteiger partial charge >= 0.3 is 5.97 Å². The first-order valence-corrected chi connectivity index (χ1v) is 13.9. The monoisotopic (exact) mass is 583 g/mol. The highest BCUT2D eigenvalue weighted by Gasteiger charge is 2.29. The molecule has 2 saturated heterocycles. The molecule has 2 aromatic rings. The van der Waals surface area contributed by atoms with Crippen LogP contribution in [0.4, 0.5) is 15.8 Å². The smallest absolute Gasteiger partial charge is 0.340 e. The third-order valence-electron chi connectivity index (χ3n) is 6.03. The van der Waals surface area contributed by atoms with Crippen LogP contribution in [0.3, 0.4) is 0 Å². The molecule has 2 aromatic carbocycles. The first kappa shape index (κ1) is 26.5. The van der Waals surface area contributed by atoms with Crippen LogP contribution in [0, 0.1) is 5.82 Å². The van der Waals surface area contributed by atoms with Gasteiger partial charge in [0.25, 0.3) is 5.91 Å². The minimum absolute atomic E-state index is 0.00487. The van der Waals surface area contributed by atoms with Crippen LogP contribution in [-0.2, 0) is 24.3 Å². The summed E-state index contributed by atoms with van der Waals surface area (Å²) in [5.41, 5.74) is 0.487. The van der Waals surface area contributed by atoms with Crippen LogP contribution in [0.15, 0.2) is 45.8 Å². The standard InChI is InChI=1S/C24H27BrFN3O6S/c25-17-4-6-21(20(26)14-17)27-23(30)16-35-24(31)19-15-18(36(32,33)29-8-2-1-3-9-29)5-7-22(19)28-10-12-34-13-11-28/h4-7,14-15H,1-3,8-13,16H2,(H,27,30). The molecule has 0 spiro atoms. The Labute approximate surface area is 217 Å². The number of amides is 1. The molecule has 0 aromatic heterocycles. The van der Waals surface area contributed by atoms with E-state index < -0.39 is 34.3 Å². The van der Waals surface area contributed by atoms with Crippen LogP contribution in [0.1, 0.15) is 29.6 Å². The zero-order valence-electron chi connectivity index (χ0n) is 19.5. The van der Waals surface area contributed by atoms with Gasteiger partial charge in [-0.15, -0.1) is 0 Å². The molecule has 36 heavy (non-hydrogen) atoms. The Balaban J connectivity index is 1.54. The van der Waals surface area contributed by atoms with Gasteiger partial charge in [-0.3, -0.25) is 4.79 Å². The fourth-order valence-electron chi connectivity index (χ4n) is 4.16. The number of morpholine rings is 1. The lowest BCUT2D eigenvalue weighted by Gasteiger charge is -2.31. The molecule has 0 atom stereocenters. The molecule has 2 aliphatic heterocycles. The topological polar surface area (TPSA) is 105 Å². The number of anilines is 2. The molecular formula is C24H27BrFN3O6S. The van der Waals surface area contributed by atoms with E-state index in [1.807, 2.05) is 4.90 Å². The van der Waals surface area contributed by atoms with E-state index in [2.05, 4.69) is 21.2 Å². The SMILES string of the molecule is O=C(COC(=O)c1cc(S(=O)(=O)N2CCCCC2)ccc1N1CCOCC1)Nc1ccc(Br)cc1F. The Bertz CT molecular complexity index is 1230. The van der Waals surface area contributed by atoms with Crippen LogP contribution >= 0.6 is 15.9 Å². The number of hydrogen-bond acceptors (Lipinski definition) is 7. The van der Waals surface area contributed by atoms with Crippen LogP contribution in [-0.4, -0.2) is 70.6 Å². The highest BCUT2D eigenvalue weighted by molar-refractivity contribution is 9.10.